The number of likely N-dealkylation sites (tertiary alicyclic amines) is 1. The lowest BCUT2D eigenvalue weighted by Gasteiger charge is -2.29. The van der Waals surface area contributed by atoms with E-state index < -0.39 is 0 Å². The lowest BCUT2D eigenvalue weighted by molar-refractivity contribution is -0.129. The molecule has 0 aromatic carbocycles. The number of rotatable bonds is 2. The maximum atomic E-state index is 11.7. The molecule has 3 nitrogen and oxygen atoms in total. The molecule has 1 aliphatic carbocycles. The number of fused-ring (bicyclic) bond motifs is 1. The van der Waals surface area contributed by atoms with Gasteiger partial charge in [0, 0.05) is 25.6 Å². The van der Waals surface area contributed by atoms with E-state index in [2.05, 4.69) is 6.58 Å². The zero-order valence-corrected chi connectivity index (χ0v) is 9.19. The predicted molar refractivity (Wildman–Crippen MR) is 60.2 cm³/mol. The molecule has 84 valence electrons. The maximum absolute atomic E-state index is 11.7. The summed E-state index contributed by atoms with van der Waals surface area (Å²) >= 11 is 0. The van der Waals surface area contributed by atoms with Gasteiger partial charge in [0.15, 0.2) is 0 Å². The highest BCUT2D eigenvalue weighted by Crippen LogP contribution is 2.35. The van der Waals surface area contributed by atoms with Gasteiger partial charge in [0.1, 0.15) is 0 Å². The van der Waals surface area contributed by atoms with Crippen molar-refractivity contribution < 1.29 is 4.79 Å². The summed E-state index contributed by atoms with van der Waals surface area (Å²) < 4.78 is 0. The average molecular weight is 208 g/mol. The van der Waals surface area contributed by atoms with E-state index in [4.69, 9.17) is 5.73 Å². The molecule has 15 heavy (non-hydrogen) atoms. The van der Waals surface area contributed by atoms with Crippen molar-refractivity contribution in [2.24, 2.45) is 17.6 Å². The van der Waals surface area contributed by atoms with Crippen LogP contribution in [-0.4, -0.2) is 29.9 Å². The molecule has 0 aromatic rings. The van der Waals surface area contributed by atoms with Crippen LogP contribution in [-0.2, 0) is 4.79 Å². The molecule has 1 heterocycles. The van der Waals surface area contributed by atoms with E-state index >= 15 is 0 Å². The van der Waals surface area contributed by atoms with Crippen molar-refractivity contribution in [1.29, 1.82) is 0 Å². The lowest BCUT2D eigenvalue weighted by atomic mass is 9.78. The molecule has 3 unspecified atom stereocenters. The van der Waals surface area contributed by atoms with Crippen LogP contribution in [0.25, 0.3) is 0 Å². The van der Waals surface area contributed by atoms with Gasteiger partial charge in [0.05, 0.1) is 0 Å². The van der Waals surface area contributed by atoms with E-state index in [0.717, 1.165) is 19.5 Å². The van der Waals surface area contributed by atoms with Crippen molar-refractivity contribution in [2.75, 3.05) is 13.1 Å². The molecule has 2 aliphatic rings. The van der Waals surface area contributed by atoms with Crippen molar-refractivity contribution in [3.8, 4) is 0 Å². The first-order valence-corrected chi connectivity index (χ1v) is 5.86. The second-order valence-corrected chi connectivity index (χ2v) is 4.81. The molecule has 3 atom stereocenters. The number of carbonyl (C=O) groups is 1. The Balaban J connectivity index is 1.97. The topological polar surface area (TPSA) is 46.3 Å². The van der Waals surface area contributed by atoms with Crippen LogP contribution >= 0.6 is 0 Å². The zero-order chi connectivity index (χ0) is 10.8. The lowest BCUT2D eigenvalue weighted by Crippen LogP contribution is -2.38. The Labute approximate surface area is 91.3 Å². The molecule has 1 amide bonds. The Morgan fingerprint density at radius 3 is 2.93 bits per heavy atom. The first kappa shape index (κ1) is 10.7. The summed E-state index contributed by atoms with van der Waals surface area (Å²) in [5, 5.41) is 0. The number of nitrogens with zero attached hydrogens (tertiary/aromatic N) is 1. The SMILES string of the molecule is C=CCC(=O)N1CC2CCCC(N)C2C1. The van der Waals surface area contributed by atoms with Crippen LogP contribution < -0.4 is 5.73 Å². The first-order chi connectivity index (χ1) is 7.22. The van der Waals surface area contributed by atoms with Crippen LogP contribution in [0.15, 0.2) is 12.7 Å². The molecule has 2 fully saturated rings. The summed E-state index contributed by atoms with van der Waals surface area (Å²) in [5.41, 5.74) is 6.10. The fourth-order valence-corrected chi connectivity index (χ4v) is 2.97. The van der Waals surface area contributed by atoms with Gasteiger partial charge in [-0.15, -0.1) is 6.58 Å². The van der Waals surface area contributed by atoms with Gasteiger partial charge in [-0.25, -0.2) is 0 Å². The molecule has 1 aliphatic heterocycles. The van der Waals surface area contributed by atoms with E-state index in [1.165, 1.54) is 12.8 Å². The Morgan fingerprint density at radius 1 is 1.47 bits per heavy atom. The molecule has 1 saturated carbocycles. The van der Waals surface area contributed by atoms with Gasteiger partial charge < -0.3 is 10.6 Å². The quantitative estimate of drug-likeness (QED) is 0.692. The molecule has 2 rings (SSSR count). The minimum absolute atomic E-state index is 0.214. The molecule has 1 saturated heterocycles. The third-order valence-electron chi connectivity index (χ3n) is 3.83. The van der Waals surface area contributed by atoms with Gasteiger partial charge in [0.2, 0.25) is 5.91 Å². The second-order valence-electron chi connectivity index (χ2n) is 4.81. The van der Waals surface area contributed by atoms with E-state index in [1.54, 1.807) is 6.08 Å². The van der Waals surface area contributed by atoms with Gasteiger partial charge in [-0.1, -0.05) is 12.5 Å². The van der Waals surface area contributed by atoms with Crippen LogP contribution in [0.2, 0.25) is 0 Å². The fraction of sp³-hybridized carbons (Fsp3) is 0.750. The molecule has 0 bridgehead atoms. The summed E-state index contributed by atoms with van der Waals surface area (Å²) in [7, 11) is 0. The van der Waals surface area contributed by atoms with Crippen LogP contribution in [0.5, 0.6) is 0 Å². The van der Waals surface area contributed by atoms with Crippen LogP contribution in [0.1, 0.15) is 25.7 Å². The Hall–Kier alpha value is -0.830. The minimum atomic E-state index is 0.214. The summed E-state index contributed by atoms with van der Waals surface area (Å²) in [6.45, 7) is 5.40. The monoisotopic (exact) mass is 208 g/mol. The normalized spacial score (nSPS) is 35.0. The highest BCUT2D eigenvalue weighted by molar-refractivity contribution is 5.77. The third kappa shape index (κ3) is 2.07. The molecule has 0 spiro atoms. The fourth-order valence-electron chi connectivity index (χ4n) is 2.97. The summed E-state index contributed by atoms with van der Waals surface area (Å²) in [5.74, 6) is 1.42. The Bertz CT molecular complexity index is 264. The number of hydrogen-bond donors (Lipinski definition) is 1. The maximum Gasteiger partial charge on any atom is 0.226 e. The second kappa shape index (κ2) is 4.35. The van der Waals surface area contributed by atoms with Crippen molar-refractivity contribution in [2.45, 2.75) is 31.7 Å². The average Bonchev–Trinajstić information content (AvgIpc) is 2.63. The first-order valence-electron chi connectivity index (χ1n) is 5.86. The van der Waals surface area contributed by atoms with E-state index in [-0.39, 0.29) is 5.91 Å². The summed E-state index contributed by atoms with van der Waals surface area (Å²) in [4.78, 5) is 13.7. The van der Waals surface area contributed by atoms with Gasteiger partial charge in [0.25, 0.3) is 0 Å². The highest BCUT2D eigenvalue weighted by Gasteiger charge is 2.39. The van der Waals surface area contributed by atoms with Gasteiger partial charge in [-0.2, -0.15) is 0 Å². The summed E-state index contributed by atoms with van der Waals surface area (Å²) in [6, 6.07) is 0.310. The number of amides is 1. The number of nitrogens with two attached hydrogens (primary N) is 1. The zero-order valence-electron chi connectivity index (χ0n) is 9.19. The van der Waals surface area contributed by atoms with Crippen LogP contribution in [0.3, 0.4) is 0 Å². The van der Waals surface area contributed by atoms with Gasteiger partial charge in [-0.3, -0.25) is 4.79 Å². The largest absolute Gasteiger partial charge is 0.342 e. The highest BCUT2D eigenvalue weighted by atomic mass is 16.2. The number of hydrogen-bond acceptors (Lipinski definition) is 2. The summed E-state index contributed by atoms with van der Waals surface area (Å²) in [6.07, 6.45) is 5.76. The number of carbonyl (C=O) groups excluding carboxylic acids is 1. The van der Waals surface area contributed by atoms with E-state index in [9.17, 15) is 4.79 Å². The van der Waals surface area contributed by atoms with E-state index in [1.807, 2.05) is 4.90 Å². The third-order valence-corrected chi connectivity index (χ3v) is 3.83. The molecule has 3 heteroatoms. The minimum Gasteiger partial charge on any atom is -0.342 e. The Kier molecular flexibility index (Phi) is 3.10. The van der Waals surface area contributed by atoms with Crippen molar-refractivity contribution in [3.63, 3.8) is 0 Å². The van der Waals surface area contributed by atoms with E-state index in [0.29, 0.717) is 24.3 Å². The van der Waals surface area contributed by atoms with Gasteiger partial charge in [-0.05, 0) is 24.7 Å². The van der Waals surface area contributed by atoms with Crippen molar-refractivity contribution >= 4 is 5.91 Å². The van der Waals surface area contributed by atoms with Gasteiger partial charge >= 0.3 is 0 Å². The standard InChI is InChI=1S/C12H20N2O/c1-2-4-12(15)14-7-9-5-3-6-11(13)10(9)8-14/h2,9-11H,1,3-8,13H2. The molecule has 0 aromatic heterocycles. The molecule has 2 N–H and O–H groups in total. The predicted octanol–water partition coefficient (Wildman–Crippen LogP) is 1.15. The Morgan fingerprint density at radius 2 is 2.27 bits per heavy atom. The molecular weight excluding hydrogens is 188 g/mol. The van der Waals surface area contributed by atoms with Crippen LogP contribution in [0, 0.1) is 11.8 Å². The van der Waals surface area contributed by atoms with Crippen LogP contribution in [0.4, 0.5) is 0 Å². The molecule has 0 radical (unpaired) electrons. The smallest absolute Gasteiger partial charge is 0.226 e. The van der Waals surface area contributed by atoms with Crippen molar-refractivity contribution in [1.82, 2.24) is 4.90 Å². The van der Waals surface area contributed by atoms with Crippen molar-refractivity contribution in [3.05, 3.63) is 12.7 Å². The molecular formula is C12H20N2O.